The number of rotatable bonds is 2. The van der Waals surface area contributed by atoms with Crippen molar-refractivity contribution in [2.75, 3.05) is 6.54 Å². The second-order valence-electron chi connectivity index (χ2n) is 4.22. The molecule has 0 saturated carbocycles. The van der Waals surface area contributed by atoms with E-state index in [9.17, 15) is 4.79 Å². The predicted molar refractivity (Wildman–Crippen MR) is 65.7 cm³/mol. The molecule has 2 heteroatoms. The Bertz CT molecular complexity index is 394. The second-order valence-corrected chi connectivity index (χ2v) is 4.22. The van der Waals surface area contributed by atoms with Crippen LogP contribution in [0.3, 0.4) is 0 Å². The van der Waals surface area contributed by atoms with Crippen molar-refractivity contribution in [2.45, 2.75) is 26.2 Å². The number of benzene rings is 1. The van der Waals surface area contributed by atoms with E-state index >= 15 is 0 Å². The molecule has 1 amide bonds. The Hall–Kier alpha value is -1.57. The lowest BCUT2D eigenvalue weighted by Crippen LogP contribution is -2.30. The van der Waals surface area contributed by atoms with Crippen LogP contribution in [0.5, 0.6) is 0 Å². The average molecular weight is 215 g/mol. The number of carbonyl (C=O) groups excluding carboxylic acids is 1. The number of allylic oxidation sites excluding steroid dienone is 1. The molecular formula is C14H17NO. The first-order valence-corrected chi connectivity index (χ1v) is 5.81. The first-order valence-electron chi connectivity index (χ1n) is 5.81. The molecule has 84 valence electrons. The SMILES string of the molecule is C/C(=C\N1CCCCC1=O)c1ccccc1. The van der Waals surface area contributed by atoms with Gasteiger partial charge in [0.1, 0.15) is 0 Å². The van der Waals surface area contributed by atoms with E-state index in [1.807, 2.05) is 29.3 Å². The minimum atomic E-state index is 0.251. The third-order valence-corrected chi connectivity index (χ3v) is 2.94. The Labute approximate surface area is 96.6 Å². The molecule has 0 atom stereocenters. The highest BCUT2D eigenvalue weighted by Gasteiger charge is 2.15. The molecule has 0 spiro atoms. The zero-order chi connectivity index (χ0) is 11.4. The van der Waals surface area contributed by atoms with Gasteiger partial charge in [-0.25, -0.2) is 0 Å². The summed E-state index contributed by atoms with van der Waals surface area (Å²) >= 11 is 0. The van der Waals surface area contributed by atoms with Crippen LogP contribution in [-0.2, 0) is 4.79 Å². The summed E-state index contributed by atoms with van der Waals surface area (Å²) in [5, 5.41) is 0. The van der Waals surface area contributed by atoms with Gasteiger partial charge in [-0.05, 0) is 30.9 Å². The highest BCUT2D eigenvalue weighted by atomic mass is 16.2. The lowest BCUT2D eigenvalue weighted by molar-refractivity contribution is -0.130. The molecule has 1 saturated heterocycles. The third kappa shape index (κ3) is 2.51. The highest BCUT2D eigenvalue weighted by Crippen LogP contribution is 2.17. The normalized spacial score (nSPS) is 17.7. The summed E-state index contributed by atoms with van der Waals surface area (Å²) in [5.41, 5.74) is 2.33. The van der Waals surface area contributed by atoms with Gasteiger partial charge in [-0.15, -0.1) is 0 Å². The Kier molecular flexibility index (Phi) is 3.40. The van der Waals surface area contributed by atoms with E-state index in [-0.39, 0.29) is 5.91 Å². The minimum Gasteiger partial charge on any atom is -0.319 e. The van der Waals surface area contributed by atoms with Gasteiger partial charge in [0.05, 0.1) is 0 Å². The monoisotopic (exact) mass is 215 g/mol. The van der Waals surface area contributed by atoms with Gasteiger partial charge < -0.3 is 4.90 Å². The number of amides is 1. The molecule has 2 nitrogen and oxygen atoms in total. The van der Waals surface area contributed by atoms with E-state index in [1.165, 1.54) is 5.56 Å². The van der Waals surface area contributed by atoms with Gasteiger partial charge >= 0.3 is 0 Å². The first-order chi connectivity index (χ1) is 7.77. The van der Waals surface area contributed by atoms with E-state index in [0.717, 1.165) is 25.0 Å². The molecule has 1 aliphatic heterocycles. The fraction of sp³-hybridized carbons (Fsp3) is 0.357. The van der Waals surface area contributed by atoms with E-state index in [4.69, 9.17) is 0 Å². The maximum absolute atomic E-state index is 11.6. The van der Waals surface area contributed by atoms with Crippen LogP contribution < -0.4 is 0 Å². The van der Waals surface area contributed by atoms with Crippen molar-refractivity contribution in [1.82, 2.24) is 4.90 Å². The van der Waals surface area contributed by atoms with E-state index in [1.54, 1.807) is 0 Å². The summed E-state index contributed by atoms with van der Waals surface area (Å²) in [6.45, 7) is 2.92. The predicted octanol–water partition coefficient (Wildman–Crippen LogP) is 3.06. The molecule has 0 unspecified atom stereocenters. The first kappa shape index (κ1) is 10.9. The molecule has 1 aromatic carbocycles. The largest absolute Gasteiger partial charge is 0.319 e. The number of hydrogen-bond acceptors (Lipinski definition) is 1. The summed E-state index contributed by atoms with van der Waals surface area (Å²) in [6.07, 6.45) is 4.83. The summed E-state index contributed by atoms with van der Waals surface area (Å²) in [7, 11) is 0. The summed E-state index contributed by atoms with van der Waals surface area (Å²) in [6, 6.07) is 10.2. The van der Waals surface area contributed by atoms with Gasteiger partial charge in [0.2, 0.25) is 5.91 Å². The van der Waals surface area contributed by atoms with Crippen LogP contribution in [0.4, 0.5) is 0 Å². The zero-order valence-corrected chi connectivity index (χ0v) is 9.65. The maximum atomic E-state index is 11.6. The van der Waals surface area contributed by atoms with Gasteiger partial charge in [-0.2, -0.15) is 0 Å². The van der Waals surface area contributed by atoms with Crippen molar-refractivity contribution < 1.29 is 4.79 Å². The molecule has 1 aromatic rings. The van der Waals surface area contributed by atoms with Crippen molar-refractivity contribution in [3.8, 4) is 0 Å². The molecule has 0 aromatic heterocycles. The Morgan fingerprint density at radius 3 is 2.69 bits per heavy atom. The molecule has 0 aliphatic carbocycles. The third-order valence-electron chi connectivity index (χ3n) is 2.94. The van der Waals surface area contributed by atoms with Crippen LogP contribution >= 0.6 is 0 Å². The van der Waals surface area contributed by atoms with Crippen molar-refractivity contribution in [3.05, 3.63) is 42.1 Å². The highest BCUT2D eigenvalue weighted by molar-refractivity contribution is 5.79. The second kappa shape index (κ2) is 4.97. The van der Waals surface area contributed by atoms with Gasteiger partial charge in [0, 0.05) is 19.2 Å². The lowest BCUT2D eigenvalue weighted by atomic mass is 10.1. The van der Waals surface area contributed by atoms with Crippen LogP contribution in [-0.4, -0.2) is 17.4 Å². The Morgan fingerprint density at radius 1 is 1.25 bits per heavy atom. The van der Waals surface area contributed by atoms with Gasteiger partial charge in [0.15, 0.2) is 0 Å². The number of piperidine rings is 1. The van der Waals surface area contributed by atoms with Crippen molar-refractivity contribution in [1.29, 1.82) is 0 Å². The fourth-order valence-electron chi connectivity index (χ4n) is 1.97. The van der Waals surface area contributed by atoms with Gasteiger partial charge in [0.25, 0.3) is 0 Å². The number of likely N-dealkylation sites (tertiary alicyclic amines) is 1. The molecule has 1 heterocycles. The minimum absolute atomic E-state index is 0.251. The molecule has 1 aliphatic rings. The van der Waals surface area contributed by atoms with E-state index in [0.29, 0.717) is 6.42 Å². The molecular weight excluding hydrogens is 198 g/mol. The van der Waals surface area contributed by atoms with E-state index < -0.39 is 0 Å². The quantitative estimate of drug-likeness (QED) is 0.742. The van der Waals surface area contributed by atoms with Crippen molar-refractivity contribution in [3.63, 3.8) is 0 Å². The van der Waals surface area contributed by atoms with Crippen LogP contribution in [0.25, 0.3) is 5.57 Å². The smallest absolute Gasteiger partial charge is 0.226 e. The number of nitrogens with zero attached hydrogens (tertiary/aromatic N) is 1. The molecule has 0 radical (unpaired) electrons. The molecule has 16 heavy (non-hydrogen) atoms. The van der Waals surface area contributed by atoms with Crippen LogP contribution in [0.15, 0.2) is 36.5 Å². The summed E-state index contributed by atoms with van der Waals surface area (Å²) < 4.78 is 0. The average Bonchev–Trinajstić information content (AvgIpc) is 2.33. The van der Waals surface area contributed by atoms with Gasteiger partial charge in [-0.3, -0.25) is 4.79 Å². The van der Waals surface area contributed by atoms with Crippen LogP contribution in [0.1, 0.15) is 31.7 Å². The standard InChI is InChI=1S/C14H17NO/c1-12(13-7-3-2-4-8-13)11-15-10-6-5-9-14(15)16/h2-4,7-8,11H,5-6,9-10H2,1H3/b12-11+. The van der Waals surface area contributed by atoms with Crippen LogP contribution in [0, 0.1) is 0 Å². The summed E-state index contributed by atoms with van der Waals surface area (Å²) in [5.74, 6) is 0.251. The molecule has 2 rings (SSSR count). The maximum Gasteiger partial charge on any atom is 0.226 e. The topological polar surface area (TPSA) is 20.3 Å². The number of carbonyl (C=O) groups is 1. The van der Waals surface area contributed by atoms with Crippen molar-refractivity contribution in [2.24, 2.45) is 0 Å². The van der Waals surface area contributed by atoms with E-state index in [2.05, 4.69) is 19.1 Å². The fourth-order valence-corrected chi connectivity index (χ4v) is 1.97. The molecule has 0 bridgehead atoms. The molecule has 1 fully saturated rings. The number of hydrogen-bond donors (Lipinski definition) is 0. The van der Waals surface area contributed by atoms with Crippen molar-refractivity contribution >= 4 is 11.5 Å². The summed E-state index contributed by atoms with van der Waals surface area (Å²) in [4.78, 5) is 13.5. The zero-order valence-electron chi connectivity index (χ0n) is 9.65. The lowest BCUT2D eigenvalue weighted by Gasteiger charge is -2.23. The van der Waals surface area contributed by atoms with Gasteiger partial charge in [-0.1, -0.05) is 30.3 Å². The Morgan fingerprint density at radius 2 is 2.00 bits per heavy atom. The molecule has 0 N–H and O–H groups in total. The van der Waals surface area contributed by atoms with Crippen LogP contribution in [0.2, 0.25) is 0 Å². The Balaban J connectivity index is 2.14.